The Morgan fingerprint density at radius 1 is 1.24 bits per heavy atom. The van der Waals surface area contributed by atoms with E-state index in [1.54, 1.807) is 6.07 Å². The molecule has 0 unspecified atom stereocenters. The summed E-state index contributed by atoms with van der Waals surface area (Å²) in [4.78, 5) is 0. The molecule has 0 saturated heterocycles. The second kappa shape index (κ2) is 6.76. The van der Waals surface area contributed by atoms with Crippen LogP contribution in [0, 0.1) is 19.7 Å². The third kappa shape index (κ3) is 4.33. The van der Waals surface area contributed by atoms with E-state index in [0.717, 1.165) is 29.2 Å². The van der Waals surface area contributed by atoms with Crippen LogP contribution in [0.5, 0.6) is 5.75 Å². The fraction of sp³-hybridized carbons (Fsp3) is 0.412. The molecule has 0 spiro atoms. The van der Waals surface area contributed by atoms with E-state index in [9.17, 15) is 4.39 Å². The van der Waals surface area contributed by atoms with Gasteiger partial charge in [0.05, 0.1) is 0 Å². The first kappa shape index (κ1) is 15.6. The minimum Gasteiger partial charge on any atom is -0.485 e. The number of rotatable bonds is 6. The maximum atomic E-state index is 13.0. The lowest BCUT2D eigenvalue weighted by Gasteiger charge is -2.07. The monoisotopic (exact) mass is 291 g/mol. The van der Waals surface area contributed by atoms with Crippen molar-refractivity contribution in [3.05, 3.63) is 52.7 Å². The molecule has 1 aromatic heterocycles. The highest BCUT2D eigenvalue weighted by Crippen LogP contribution is 2.21. The van der Waals surface area contributed by atoms with E-state index in [1.807, 2.05) is 19.9 Å². The van der Waals surface area contributed by atoms with E-state index >= 15 is 0 Å². The highest BCUT2D eigenvalue weighted by Gasteiger charge is 2.09. The Balaban J connectivity index is 1.98. The van der Waals surface area contributed by atoms with Crippen molar-refractivity contribution in [3.63, 3.8) is 0 Å². The number of hydrogen-bond donors (Lipinski definition) is 1. The zero-order valence-corrected chi connectivity index (χ0v) is 13.0. The predicted molar refractivity (Wildman–Crippen MR) is 80.9 cm³/mol. The van der Waals surface area contributed by atoms with Crippen LogP contribution in [-0.2, 0) is 13.2 Å². The van der Waals surface area contributed by atoms with Crippen molar-refractivity contribution in [1.29, 1.82) is 0 Å². The molecular formula is C17H22FNO2. The van der Waals surface area contributed by atoms with Gasteiger partial charge < -0.3 is 14.5 Å². The fourth-order valence-electron chi connectivity index (χ4n) is 2.07. The van der Waals surface area contributed by atoms with Crippen LogP contribution in [-0.4, -0.2) is 6.04 Å². The normalized spacial score (nSPS) is 11.1. The molecule has 0 aliphatic carbocycles. The van der Waals surface area contributed by atoms with Gasteiger partial charge in [-0.3, -0.25) is 0 Å². The molecule has 114 valence electrons. The van der Waals surface area contributed by atoms with Gasteiger partial charge in [0, 0.05) is 18.2 Å². The number of ether oxygens (including phenoxy) is 1. The van der Waals surface area contributed by atoms with Crippen molar-refractivity contribution >= 4 is 0 Å². The van der Waals surface area contributed by atoms with Gasteiger partial charge in [-0.1, -0.05) is 13.8 Å². The zero-order chi connectivity index (χ0) is 15.4. The SMILES string of the molecule is Cc1cc(F)ccc1OCc1cc(CNC(C)C)c(C)o1. The maximum Gasteiger partial charge on any atom is 0.146 e. The van der Waals surface area contributed by atoms with Crippen LogP contribution >= 0.6 is 0 Å². The Labute approximate surface area is 125 Å². The highest BCUT2D eigenvalue weighted by molar-refractivity contribution is 5.32. The van der Waals surface area contributed by atoms with Crippen LogP contribution in [0.4, 0.5) is 4.39 Å². The Morgan fingerprint density at radius 3 is 2.67 bits per heavy atom. The van der Waals surface area contributed by atoms with Crippen molar-refractivity contribution in [1.82, 2.24) is 5.32 Å². The fourth-order valence-corrected chi connectivity index (χ4v) is 2.07. The van der Waals surface area contributed by atoms with Gasteiger partial charge in [-0.25, -0.2) is 4.39 Å². The minimum atomic E-state index is -0.254. The molecule has 3 nitrogen and oxygen atoms in total. The summed E-state index contributed by atoms with van der Waals surface area (Å²) < 4.78 is 24.4. The summed E-state index contributed by atoms with van der Waals surface area (Å²) in [7, 11) is 0. The van der Waals surface area contributed by atoms with Gasteiger partial charge >= 0.3 is 0 Å². The van der Waals surface area contributed by atoms with Crippen LogP contribution in [0.1, 0.15) is 36.5 Å². The quantitative estimate of drug-likeness (QED) is 0.869. The Hall–Kier alpha value is -1.81. The van der Waals surface area contributed by atoms with Gasteiger partial charge in [-0.05, 0) is 43.7 Å². The summed E-state index contributed by atoms with van der Waals surface area (Å²) in [5.74, 6) is 2.09. The number of benzene rings is 1. The Morgan fingerprint density at radius 2 is 2.00 bits per heavy atom. The minimum absolute atomic E-state index is 0.254. The van der Waals surface area contributed by atoms with Gasteiger partial charge in [-0.2, -0.15) is 0 Å². The van der Waals surface area contributed by atoms with Crippen LogP contribution in [0.2, 0.25) is 0 Å². The van der Waals surface area contributed by atoms with Crippen LogP contribution in [0.15, 0.2) is 28.7 Å². The summed E-state index contributed by atoms with van der Waals surface area (Å²) in [5.41, 5.74) is 1.91. The van der Waals surface area contributed by atoms with Crippen LogP contribution in [0.25, 0.3) is 0 Å². The lowest BCUT2D eigenvalue weighted by atomic mass is 10.2. The summed E-state index contributed by atoms with van der Waals surface area (Å²) in [5, 5.41) is 3.36. The number of hydrogen-bond acceptors (Lipinski definition) is 3. The molecule has 1 N–H and O–H groups in total. The molecule has 0 bridgehead atoms. The first-order chi connectivity index (χ1) is 9.95. The van der Waals surface area contributed by atoms with Crippen molar-refractivity contribution in [2.75, 3.05) is 0 Å². The molecule has 2 rings (SSSR count). The van der Waals surface area contributed by atoms with Gasteiger partial charge in [0.2, 0.25) is 0 Å². The van der Waals surface area contributed by atoms with E-state index in [2.05, 4.69) is 19.2 Å². The number of furan rings is 1. The number of halogens is 1. The molecule has 0 radical (unpaired) electrons. The summed E-state index contributed by atoms with van der Waals surface area (Å²) in [6.45, 7) is 9.11. The zero-order valence-electron chi connectivity index (χ0n) is 13.0. The van der Waals surface area contributed by atoms with Gasteiger partial charge in [0.15, 0.2) is 0 Å². The van der Waals surface area contributed by atoms with E-state index in [1.165, 1.54) is 12.1 Å². The molecule has 0 atom stereocenters. The van der Waals surface area contributed by atoms with Crippen molar-refractivity contribution < 1.29 is 13.5 Å². The predicted octanol–water partition coefficient (Wildman–Crippen LogP) is 4.11. The third-order valence-corrected chi connectivity index (χ3v) is 3.28. The van der Waals surface area contributed by atoms with E-state index in [4.69, 9.17) is 9.15 Å². The first-order valence-electron chi connectivity index (χ1n) is 7.16. The van der Waals surface area contributed by atoms with E-state index in [-0.39, 0.29) is 5.82 Å². The molecule has 21 heavy (non-hydrogen) atoms. The molecule has 0 aliphatic heterocycles. The molecule has 0 amide bonds. The molecule has 0 saturated carbocycles. The summed E-state index contributed by atoms with van der Waals surface area (Å²) >= 11 is 0. The number of nitrogens with one attached hydrogen (secondary N) is 1. The van der Waals surface area contributed by atoms with Crippen LogP contribution in [0.3, 0.4) is 0 Å². The Bertz CT molecular complexity index is 605. The van der Waals surface area contributed by atoms with Crippen molar-refractivity contribution in [2.24, 2.45) is 0 Å². The second-order valence-corrected chi connectivity index (χ2v) is 5.53. The van der Waals surface area contributed by atoms with Crippen LogP contribution < -0.4 is 10.1 Å². The average Bonchev–Trinajstić information content (AvgIpc) is 2.76. The largest absolute Gasteiger partial charge is 0.485 e. The summed E-state index contributed by atoms with van der Waals surface area (Å²) in [6, 6.07) is 6.93. The molecule has 4 heteroatoms. The standard InChI is InChI=1S/C17H22FNO2/c1-11(2)19-9-14-8-16(21-13(14)4)10-20-17-6-5-15(18)7-12(17)3/h5-8,11,19H,9-10H2,1-4H3. The lowest BCUT2D eigenvalue weighted by Crippen LogP contribution is -2.21. The maximum absolute atomic E-state index is 13.0. The smallest absolute Gasteiger partial charge is 0.146 e. The topological polar surface area (TPSA) is 34.4 Å². The van der Waals surface area contributed by atoms with Gasteiger partial charge in [-0.15, -0.1) is 0 Å². The first-order valence-corrected chi connectivity index (χ1v) is 7.16. The molecular weight excluding hydrogens is 269 g/mol. The molecule has 0 aliphatic rings. The molecule has 1 heterocycles. The molecule has 2 aromatic rings. The van der Waals surface area contributed by atoms with Gasteiger partial charge in [0.1, 0.15) is 29.7 Å². The summed E-state index contributed by atoms with van der Waals surface area (Å²) in [6.07, 6.45) is 0. The van der Waals surface area contributed by atoms with Crippen molar-refractivity contribution in [2.45, 2.75) is 46.9 Å². The Kier molecular flexibility index (Phi) is 5.02. The van der Waals surface area contributed by atoms with E-state index in [0.29, 0.717) is 18.4 Å². The molecule has 1 aromatic carbocycles. The molecule has 0 fully saturated rings. The highest BCUT2D eigenvalue weighted by atomic mass is 19.1. The second-order valence-electron chi connectivity index (χ2n) is 5.53. The lowest BCUT2D eigenvalue weighted by molar-refractivity contribution is 0.265. The average molecular weight is 291 g/mol. The number of aryl methyl sites for hydroxylation is 2. The van der Waals surface area contributed by atoms with E-state index < -0.39 is 0 Å². The van der Waals surface area contributed by atoms with Crippen molar-refractivity contribution in [3.8, 4) is 5.75 Å². The third-order valence-electron chi connectivity index (χ3n) is 3.28. The van der Waals surface area contributed by atoms with Gasteiger partial charge in [0.25, 0.3) is 0 Å².